The van der Waals surface area contributed by atoms with E-state index < -0.39 is 22.2 Å². The number of aliphatic hydroxyl groups is 1. The number of para-hydroxylation sites is 1. The Labute approximate surface area is 162 Å². The van der Waals surface area contributed by atoms with Gasteiger partial charge in [0.05, 0.1) is 18.1 Å². The van der Waals surface area contributed by atoms with Crippen LogP contribution in [0, 0.1) is 0 Å². The molecule has 28 heavy (non-hydrogen) atoms. The van der Waals surface area contributed by atoms with E-state index in [0.717, 1.165) is 10.9 Å². The van der Waals surface area contributed by atoms with Crippen LogP contribution in [-0.4, -0.2) is 37.8 Å². The molecule has 0 fully saturated rings. The van der Waals surface area contributed by atoms with Crippen molar-refractivity contribution < 1.29 is 23.1 Å². The minimum absolute atomic E-state index is 0.0213. The van der Waals surface area contributed by atoms with Crippen LogP contribution in [0.25, 0.3) is 10.9 Å². The second-order valence-corrected chi connectivity index (χ2v) is 7.99. The number of hydrogen-bond donors (Lipinski definition) is 3. The van der Waals surface area contributed by atoms with E-state index in [-0.39, 0.29) is 11.4 Å². The molecule has 2 aromatic carbocycles. The summed E-state index contributed by atoms with van der Waals surface area (Å²) >= 11 is 0. The smallest absolute Gasteiger partial charge is 0.411 e. The van der Waals surface area contributed by atoms with Gasteiger partial charge in [-0.1, -0.05) is 18.2 Å². The van der Waals surface area contributed by atoms with E-state index in [9.17, 15) is 18.3 Å². The number of amides is 1. The van der Waals surface area contributed by atoms with E-state index in [1.54, 1.807) is 6.20 Å². The fourth-order valence-electron chi connectivity index (χ4n) is 2.91. The number of nitrogens with one attached hydrogen (secondary N) is 2. The van der Waals surface area contributed by atoms with Crippen molar-refractivity contribution in [3.63, 3.8) is 0 Å². The SMILES string of the molecule is COC(=O)Nc1ccc(S(=O)(=O)NC[C@@H](O)c2cn(C)c3ccccc23)cc1. The Morgan fingerprint density at radius 1 is 1.18 bits per heavy atom. The second kappa shape index (κ2) is 8.01. The molecule has 0 aliphatic rings. The summed E-state index contributed by atoms with van der Waals surface area (Å²) in [6, 6.07) is 13.2. The Bertz CT molecular complexity index is 1090. The molecule has 148 valence electrons. The monoisotopic (exact) mass is 403 g/mol. The highest BCUT2D eigenvalue weighted by Crippen LogP contribution is 2.26. The van der Waals surface area contributed by atoms with E-state index >= 15 is 0 Å². The number of fused-ring (bicyclic) bond motifs is 1. The lowest BCUT2D eigenvalue weighted by molar-refractivity contribution is 0.183. The van der Waals surface area contributed by atoms with Crippen LogP contribution in [0.2, 0.25) is 0 Å². The van der Waals surface area contributed by atoms with Gasteiger partial charge in [0, 0.05) is 41.9 Å². The first-order chi connectivity index (χ1) is 13.3. The average molecular weight is 403 g/mol. The molecule has 0 spiro atoms. The van der Waals surface area contributed by atoms with Crippen molar-refractivity contribution in [2.24, 2.45) is 7.05 Å². The quantitative estimate of drug-likeness (QED) is 0.585. The third kappa shape index (κ3) is 4.16. The standard InChI is InChI=1S/C19H21N3O5S/c1-22-12-16(15-5-3-4-6-17(15)22)18(23)11-20-28(25,26)14-9-7-13(8-10-14)21-19(24)27-2/h3-10,12,18,20,23H,11H2,1-2H3,(H,21,24)/t18-/m1/s1. The molecule has 9 heteroatoms. The lowest BCUT2D eigenvalue weighted by Gasteiger charge is -2.12. The van der Waals surface area contributed by atoms with Crippen LogP contribution in [0.3, 0.4) is 0 Å². The zero-order valence-electron chi connectivity index (χ0n) is 15.4. The van der Waals surface area contributed by atoms with E-state index in [0.29, 0.717) is 11.3 Å². The maximum atomic E-state index is 12.5. The van der Waals surface area contributed by atoms with Crippen molar-refractivity contribution in [1.82, 2.24) is 9.29 Å². The molecule has 0 bridgehead atoms. The Kier molecular flexibility index (Phi) is 5.68. The van der Waals surface area contributed by atoms with Gasteiger partial charge in [0.25, 0.3) is 0 Å². The lowest BCUT2D eigenvalue weighted by Crippen LogP contribution is -2.28. The van der Waals surface area contributed by atoms with Crippen molar-refractivity contribution in [1.29, 1.82) is 0 Å². The average Bonchev–Trinajstić information content (AvgIpc) is 3.03. The maximum absolute atomic E-state index is 12.5. The number of carbonyl (C=O) groups is 1. The number of benzene rings is 2. The molecule has 0 unspecified atom stereocenters. The molecule has 3 rings (SSSR count). The number of carbonyl (C=O) groups excluding carboxylic acids is 1. The Morgan fingerprint density at radius 3 is 2.54 bits per heavy atom. The summed E-state index contributed by atoms with van der Waals surface area (Å²) in [5.74, 6) is 0. The zero-order chi connectivity index (χ0) is 20.3. The zero-order valence-corrected chi connectivity index (χ0v) is 16.2. The number of nitrogens with zero attached hydrogens (tertiary/aromatic N) is 1. The molecule has 1 heterocycles. The second-order valence-electron chi connectivity index (χ2n) is 6.22. The van der Waals surface area contributed by atoms with Crippen LogP contribution in [0.5, 0.6) is 0 Å². The van der Waals surface area contributed by atoms with Gasteiger partial charge in [0.1, 0.15) is 0 Å². The van der Waals surface area contributed by atoms with Crippen LogP contribution in [0.4, 0.5) is 10.5 Å². The minimum Gasteiger partial charge on any atom is -0.453 e. The molecule has 1 aromatic heterocycles. The van der Waals surface area contributed by atoms with Gasteiger partial charge in [-0.3, -0.25) is 5.32 Å². The van der Waals surface area contributed by atoms with Gasteiger partial charge in [-0.15, -0.1) is 0 Å². The van der Waals surface area contributed by atoms with Gasteiger partial charge in [0.15, 0.2) is 0 Å². The van der Waals surface area contributed by atoms with Gasteiger partial charge < -0.3 is 14.4 Å². The fourth-order valence-corrected chi connectivity index (χ4v) is 3.95. The first-order valence-corrected chi connectivity index (χ1v) is 9.97. The third-order valence-corrected chi connectivity index (χ3v) is 5.79. The van der Waals surface area contributed by atoms with Crippen molar-refractivity contribution in [3.05, 3.63) is 60.3 Å². The van der Waals surface area contributed by atoms with Crippen molar-refractivity contribution >= 4 is 32.7 Å². The summed E-state index contributed by atoms with van der Waals surface area (Å²) in [6.45, 7) is -0.168. The molecule has 3 N–H and O–H groups in total. The maximum Gasteiger partial charge on any atom is 0.411 e. The van der Waals surface area contributed by atoms with Gasteiger partial charge in [-0.05, 0) is 30.3 Å². The number of anilines is 1. The number of aliphatic hydroxyl groups excluding tert-OH is 1. The molecule has 0 radical (unpaired) electrons. The number of methoxy groups -OCH3 is 1. The van der Waals surface area contributed by atoms with E-state index in [4.69, 9.17) is 0 Å². The highest BCUT2D eigenvalue weighted by Gasteiger charge is 2.19. The van der Waals surface area contributed by atoms with Crippen LogP contribution >= 0.6 is 0 Å². The molecule has 0 saturated carbocycles. The molecule has 0 aliphatic carbocycles. The molecule has 0 saturated heterocycles. The summed E-state index contributed by atoms with van der Waals surface area (Å²) in [5, 5.41) is 13.8. The van der Waals surface area contributed by atoms with Crippen molar-refractivity contribution in [2.75, 3.05) is 19.0 Å². The van der Waals surface area contributed by atoms with Crippen LogP contribution < -0.4 is 10.0 Å². The summed E-state index contributed by atoms with van der Waals surface area (Å²) < 4.78 is 33.8. The fraction of sp³-hybridized carbons (Fsp3) is 0.211. The predicted octanol–water partition coefficient (Wildman–Crippen LogP) is 2.37. The Balaban J connectivity index is 1.71. The van der Waals surface area contributed by atoms with Crippen LogP contribution in [0.15, 0.2) is 59.6 Å². The summed E-state index contributed by atoms with van der Waals surface area (Å²) in [7, 11) is -0.718. The van der Waals surface area contributed by atoms with Crippen LogP contribution in [0.1, 0.15) is 11.7 Å². The first kappa shape index (κ1) is 19.9. The molecule has 1 amide bonds. The van der Waals surface area contributed by atoms with E-state index in [2.05, 4.69) is 14.8 Å². The number of aryl methyl sites for hydroxylation is 1. The number of sulfonamides is 1. The first-order valence-electron chi connectivity index (χ1n) is 8.48. The van der Waals surface area contributed by atoms with Crippen LogP contribution in [-0.2, 0) is 21.8 Å². The minimum atomic E-state index is -3.82. The van der Waals surface area contributed by atoms with Gasteiger partial charge in [-0.25, -0.2) is 17.9 Å². The molecule has 8 nitrogen and oxygen atoms in total. The summed E-state index contributed by atoms with van der Waals surface area (Å²) in [6.07, 6.45) is 0.143. The van der Waals surface area contributed by atoms with E-state index in [1.165, 1.54) is 31.4 Å². The largest absolute Gasteiger partial charge is 0.453 e. The predicted molar refractivity (Wildman–Crippen MR) is 106 cm³/mol. The molecule has 0 aliphatic heterocycles. The van der Waals surface area contributed by atoms with Crippen molar-refractivity contribution in [3.8, 4) is 0 Å². The number of hydrogen-bond acceptors (Lipinski definition) is 5. The van der Waals surface area contributed by atoms with Gasteiger partial charge in [0.2, 0.25) is 10.0 Å². The highest BCUT2D eigenvalue weighted by molar-refractivity contribution is 7.89. The lowest BCUT2D eigenvalue weighted by atomic mass is 10.1. The highest BCUT2D eigenvalue weighted by atomic mass is 32.2. The topological polar surface area (TPSA) is 110 Å². The number of aromatic nitrogens is 1. The molecule has 3 aromatic rings. The normalized spacial score (nSPS) is 12.7. The Morgan fingerprint density at radius 2 is 1.86 bits per heavy atom. The molecular formula is C19H21N3O5S. The summed E-state index contributed by atoms with van der Waals surface area (Å²) in [4.78, 5) is 11.2. The van der Waals surface area contributed by atoms with Gasteiger partial charge in [-0.2, -0.15) is 0 Å². The van der Waals surface area contributed by atoms with Crippen molar-refractivity contribution in [2.45, 2.75) is 11.0 Å². The molecule has 1 atom stereocenters. The van der Waals surface area contributed by atoms with Gasteiger partial charge >= 0.3 is 6.09 Å². The molecular weight excluding hydrogens is 382 g/mol. The number of ether oxygens (including phenoxy) is 1. The van der Waals surface area contributed by atoms with E-state index in [1.807, 2.05) is 35.9 Å². The third-order valence-electron chi connectivity index (χ3n) is 4.35. The Hall–Kier alpha value is -2.88. The summed E-state index contributed by atoms with van der Waals surface area (Å²) in [5.41, 5.74) is 2.01. The number of rotatable bonds is 6.